The van der Waals surface area contributed by atoms with E-state index in [4.69, 9.17) is 0 Å². The monoisotopic (exact) mass is 323 g/mol. The number of carboxylic acid groups (broad SMARTS) is 1. The number of hydrogen-bond acceptors (Lipinski definition) is 3. The third-order valence-electron chi connectivity index (χ3n) is 5.93. The maximum atomic E-state index is 12.5. The summed E-state index contributed by atoms with van der Waals surface area (Å²) in [5, 5.41) is 12.7. The molecule has 3 rings (SSSR count). The zero-order valence-electron chi connectivity index (χ0n) is 14.1. The highest BCUT2D eigenvalue weighted by Crippen LogP contribution is 2.48. The fourth-order valence-electron chi connectivity index (χ4n) is 4.67. The Morgan fingerprint density at radius 2 is 2.00 bits per heavy atom. The maximum Gasteiger partial charge on any atom is 0.317 e. The minimum Gasteiger partial charge on any atom is -0.481 e. The van der Waals surface area contributed by atoms with Gasteiger partial charge >= 0.3 is 12.0 Å². The Bertz CT molecular complexity index is 464. The van der Waals surface area contributed by atoms with E-state index in [-0.39, 0.29) is 18.0 Å². The van der Waals surface area contributed by atoms with Crippen molar-refractivity contribution in [2.75, 3.05) is 32.7 Å². The molecule has 1 aliphatic carbocycles. The first-order chi connectivity index (χ1) is 11.0. The third kappa shape index (κ3) is 3.32. The van der Waals surface area contributed by atoms with Crippen molar-refractivity contribution in [2.24, 2.45) is 11.3 Å². The number of rotatable bonds is 4. The van der Waals surface area contributed by atoms with Gasteiger partial charge < -0.3 is 20.2 Å². The molecule has 3 fully saturated rings. The number of hydrogen-bond donors (Lipinski definition) is 2. The molecule has 0 radical (unpaired) electrons. The zero-order valence-corrected chi connectivity index (χ0v) is 14.1. The van der Waals surface area contributed by atoms with Gasteiger partial charge in [0.1, 0.15) is 0 Å². The number of likely N-dealkylation sites (tertiary alicyclic amines) is 2. The van der Waals surface area contributed by atoms with Crippen molar-refractivity contribution >= 4 is 12.0 Å². The summed E-state index contributed by atoms with van der Waals surface area (Å²) < 4.78 is 0. The van der Waals surface area contributed by atoms with Crippen LogP contribution in [0.2, 0.25) is 0 Å². The first-order valence-corrected chi connectivity index (χ1v) is 9.02. The maximum absolute atomic E-state index is 12.5. The summed E-state index contributed by atoms with van der Waals surface area (Å²) in [6.07, 6.45) is 6.41. The topological polar surface area (TPSA) is 72.9 Å². The second-order valence-electron chi connectivity index (χ2n) is 7.64. The van der Waals surface area contributed by atoms with Crippen LogP contribution in [0.5, 0.6) is 0 Å². The van der Waals surface area contributed by atoms with Crippen molar-refractivity contribution in [3.63, 3.8) is 0 Å². The molecule has 0 aromatic rings. The summed E-state index contributed by atoms with van der Waals surface area (Å²) >= 11 is 0. The summed E-state index contributed by atoms with van der Waals surface area (Å²) in [4.78, 5) is 28.3. The summed E-state index contributed by atoms with van der Waals surface area (Å²) in [6.45, 7) is 6.12. The molecule has 130 valence electrons. The van der Waals surface area contributed by atoms with Crippen LogP contribution in [-0.2, 0) is 4.79 Å². The molecule has 2 aliphatic heterocycles. The molecule has 1 saturated carbocycles. The van der Waals surface area contributed by atoms with Crippen LogP contribution in [0, 0.1) is 11.3 Å². The van der Waals surface area contributed by atoms with Gasteiger partial charge in [-0.05, 0) is 51.6 Å². The van der Waals surface area contributed by atoms with E-state index in [0.29, 0.717) is 19.5 Å². The first kappa shape index (κ1) is 16.6. The molecule has 2 heterocycles. The van der Waals surface area contributed by atoms with E-state index >= 15 is 0 Å². The average Bonchev–Trinajstić information content (AvgIpc) is 3.06. The Hall–Kier alpha value is -1.30. The highest BCUT2D eigenvalue weighted by molar-refractivity contribution is 5.80. The van der Waals surface area contributed by atoms with E-state index < -0.39 is 11.4 Å². The van der Waals surface area contributed by atoms with Crippen LogP contribution in [0.1, 0.15) is 45.4 Å². The summed E-state index contributed by atoms with van der Waals surface area (Å²) in [7, 11) is 0. The minimum atomic E-state index is -0.725. The number of piperidine rings is 1. The quantitative estimate of drug-likeness (QED) is 0.827. The van der Waals surface area contributed by atoms with Gasteiger partial charge in [0.05, 0.1) is 5.41 Å². The fourth-order valence-corrected chi connectivity index (χ4v) is 4.67. The van der Waals surface area contributed by atoms with Crippen LogP contribution in [0.4, 0.5) is 4.79 Å². The number of nitrogens with one attached hydrogen (secondary N) is 1. The number of amides is 2. The standard InChI is InChI=1S/C17H29N3O3/c1-13(10-19-8-3-2-4-9-19)18-16(23)20-11-14-6-5-7-17(14,12-20)15(21)22/h13-14H,2-12H2,1H3,(H,18,23)(H,21,22)/t13?,14-,17+/m0/s1. The van der Waals surface area contributed by atoms with Gasteiger partial charge in [0.15, 0.2) is 0 Å². The summed E-state index contributed by atoms with van der Waals surface area (Å²) in [5.74, 6) is -0.597. The Balaban J connectivity index is 1.52. The van der Waals surface area contributed by atoms with Gasteiger partial charge in [-0.15, -0.1) is 0 Å². The molecule has 0 aromatic heterocycles. The van der Waals surface area contributed by atoms with Gasteiger partial charge in [0.2, 0.25) is 0 Å². The van der Waals surface area contributed by atoms with Crippen molar-refractivity contribution in [3.05, 3.63) is 0 Å². The lowest BCUT2D eigenvalue weighted by Gasteiger charge is -2.30. The van der Waals surface area contributed by atoms with Crippen molar-refractivity contribution < 1.29 is 14.7 Å². The van der Waals surface area contributed by atoms with E-state index in [2.05, 4.69) is 10.2 Å². The van der Waals surface area contributed by atoms with Crippen LogP contribution in [-0.4, -0.2) is 65.7 Å². The largest absolute Gasteiger partial charge is 0.481 e. The van der Waals surface area contributed by atoms with E-state index in [1.807, 2.05) is 6.92 Å². The number of carboxylic acids is 1. The molecular weight excluding hydrogens is 294 g/mol. The normalized spacial score (nSPS) is 32.6. The van der Waals surface area contributed by atoms with Crippen molar-refractivity contribution in [2.45, 2.75) is 51.5 Å². The van der Waals surface area contributed by atoms with Crippen molar-refractivity contribution in [1.29, 1.82) is 0 Å². The Kier molecular flexibility index (Phi) is 4.80. The van der Waals surface area contributed by atoms with Gasteiger partial charge in [0.25, 0.3) is 0 Å². The first-order valence-electron chi connectivity index (χ1n) is 9.02. The molecule has 6 heteroatoms. The average molecular weight is 323 g/mol. The number of fused-ring (bicyclic) bond motifs is 1. The van der Waals surface area contributed by atoms with E-state index in [9.17, 15) is 14.7 Å². The number of urea groups is 1. The smallest absolute Gasteiger partial charge is 0.317 e. The molecule has 0 bridgehead atoms. The lowest BCUT2D eigenvalue weighted by Crippen LogP contribution is -2.48. The molecule has 0 aromatic carbocycles. The lowest BCUT2D eigenvalue weighted by atomic mass is 9.81. The van der Waals surface area contributed by atoms with Crippen molar-refractivity contribution in [1.82, 2.24) is 15.1 Å². The minimum absolute atomic E-state index is 0.0930. The van der Waals surface area contributed by atoms with Crippen LogP contribution in [0.3, 0.4) is 0 Å². The predicted octanol–water partition coefficient (Wildman–Crippen LogP) is 1.76. The number of aliphatic carboxylic acids is 1. The molecule has 1 unspecified atom stereocenters. The number of carbonyl (C=O) groups is 2. The number of carbonyl (C=O) groups excluding carboxylic acids is 1. The van der Waals surface area contributed by atoms with E-state index in [1.54, 1.807) is 4.90 Å². The van der Waals surface area contributed by atoms with E-state index in [0.717, 1.165) is 32.5 Å². The van der Waals surface area contributed by atoms with Gasteiger partial charge in [-0.25, -0.2) is 4.79 Å². The summed E-state index contributed by atoms with van der Waals surface area (Å²) in [5.41, 5.74) is -0.687. The second-order valence-corrected chi connectivity index (χ2v) is 7.64. The van der Waals surface area contributed by atoms with Gasteiger partial charge in [-0.3, -0.25) is 4.79 Å². The molecule has 2 saturated heterocycles. The number of nitrogens with zero attached hydrogens (tertiary/aromatic N) is 2. The summed E-state index contributed by atoms with van der Waals surface area (Å²) in [6, 6.07) is 0.00588. The van der Waals surface area contributed by atoms with Gasteiger partial charge in [-0.2, -0.15) is 0 Å². The zero-order chi connectivity index (χ0) is 16.4. The molecular formula is C17H29N3O3. The van der Waals surface area contributed by atoms with Crippen molar-refractivity contribution in [3.8, 4) is 0 Å². The van der Waals surface area contributed by atoms with E-state index in [1.165, 1.54) is 19.3 Å². The van der Waals surface area contributed by atoms with Crippen LogP contribution in [0.15, 0.2) is 0 Å². The Morgan fingerprint density at radius 1 is 1.26 bits per heavy atom. The molecule has 6 nitrogen and oxygen atoms in total. The SMILES string of the molecule is CC(CN1CCCCC1)NC(=O)N1C[C@@H]2CCC[C@@]2(C(=O)O)C1. The van der Waals surface area contributed by atoms with Crippen LogP contribution in [0.25, 0.3) is 0 Å². The molecule has 2 N–H and O–H groups in total. The van der Waals surface area contributed by atoms with Crippen LogP contribution < -0.4 is 5.32 Å². The molecule has 3 aliphatic rings. The Labute approximate surface area is 138 Å². The molecule has 2 amide bonds. The highest BCUT2D eigenvalue weighted by Gasteiger charge is 2.55. The van der Waals surface area contributed by atoms with Crippen LogP contribution >= 0.6 is 0 Å². The van der Waals surface area contributed by atoms with Gasteiger partial charge in [0, 0.05) is 25.7 Å². The molecule has 0 spiro atoms. The second kappa shape index (κ2) is 6.67. The molecule has 3 atom stereocenters. The highest BCUT2D eigenvalue weighted by atomic mass is 16.4. The lowest BCUT2D eigenvalue weighted by molar-refractivity contribution is -0.149. The third-order valence-corrected chi connectivity index (χ3v) is 5.93. The van der Waals surface area contributed by atoms with Gasteiger partial charge in [-0.1, -0.05) is 12.8 Å². The fraction of sp³-hybridized carbons (Fsp3) is 0.882. The predicted molar refractivity (Wildman–Crippen MR) is 87.3 cm³/mol. The Morgan fingerprint density at radius 3 is 2.65 bits per heavy atom. The molecule has 23 heavy (non-hydrogen) atoms.